The van der Waals surface area contributed by atoms with Crippen LogP contribution in [-0.2, 0) is 19.2 Å². The highest BCUT2D eigenvalue weighted by molar-refractivity contribution is 9.09. The third kappa shape index (κ3) is 3.64. The van der Waals surface area contributed by atoms with Crippen LogP contribution in [0.4, 0.5) is 11.4 Å². The second-order valence-corrected chi connectivity index (χ2v) is 12.4. The highest BCUT2D eigenvalue weighted by Crippen LogP contribution is 2.65. The van der Waals surface area contributed by atoms with Gasteiger partial charge in [0.2, 0.25) is 11.8 Å². The number of ether oxygens (including phenoxy) is 1. The Labute approximate surface area is 257 Å². The molecular weight excluding hydrogens is 657 g/mol. The Morgan fingerprint density at radius 3 is 2.36 bits per heavy atom. The van der Waals surface area contributed by atoms with E-state index in [4.69, 9.17) is 27.9 Å². The minimum absolute atomic E-state index is 0.149. The fraction of sp³-hybridized carbons (Fsp3) is 0.357. The maximum absolute atomic E-state index is 14.0. The fourth-order valence-corrected chi connectivity index (χ4v) is 8.42. The monoisotopic (exact) mass is 677 g/mol. The third-order valence-corrected chi connectivity index (χ3v) is 10.8. The second-order valence-electron chi connectivity index (χ2n) is 10.7. The molecule has 3 fully saturated rings. The number of alkyl halides is 3. The van der Waals surface area contributed by atoms with Crippen LogP contribution in [0.2, 0.25) is 0 Å². The van der Waals surface area contributed by atoms with Gasteiger partial charge in [-0.05, 0) is 48.6 Å². The quantitative estimate of drug-likeness (QED) is 0.123. The number of benzene rings is 2. The molecule has 1 saturated carbocycles. The third-order valence-electron chi connectivity index (χ3n) is 8.87. The van der Waals surface area contributed by atoms with Gasteiger partial charge in [0.05, 0.1) is 35.0 Å². The van der Waals surface area contributed by atoms with Gasteiger partial charge in [0.15, 0.2) is 21.2 Å². The molecule has 2 heterocycles. The Kier molecular flexibility index (Phi) is 6.67. The summed E-state index contributed by atoms with van der Waals surface area (Å²) in [6.45, 7) is 0. The molecule has 0 spiro atoms. The Morgan fingerprint density at radius 2 is 1.76 bits per heavy atom. The van der Waals surface area contributed by atoms with Gasteiger partial charge in [-0.15, -0.1) is 23.2 Å². The number of methoxy groups -OCH3 is 1. The zero-order valence-corrected chi connectivity index (χ0v) is 24.9. The lowest BCUT2D eigenvalue weighted by molar-refractivity contribution is -0.384. The molecule has 0 aromatic heterocycles. The summed E-state index contributed by atoms with van der Waals surface area (Å²) in [7, 11) is 1.38. The van der Waals surface area contributed by atoms with E-state index in [1.807, 2.05) is 0 Å². The van der Waals surface area contributed by atoms with Gasteiger partial charge >= 0.3 is 0 Å². The van der Waals surface area contributed by atoms with Crippen LogP contribution in [-0.4, -0.2) is 60.9 Å². The number of anilines is 1. The average molecular weight is 679 g/mol. The molecule has 4 aliphatic rings. The summed E-state index contributed by atoms with van der Waals surface area (Å²) in [6.07, 6.45) is 1.73. The number of nitro benzene ring substituents is 1. The van der Waals surface area contributed by atoms with Crippen LogP contribution in [0.1, 0.15) is 24.3 Å². The first-order valence-electron chi connectivity index (χ1n) is 12.9. The summed E-state index contributed by atoms with van der Waals surface area (Å²) in [5.74, 6) is -6.02. The van der Waals surface area contributed by atoms with Gasteiger partial charge < -0.3 is 9.84 Å². The van der Waals surface area contributed by atoms with Crippen molar-refractivity contribution in [3.05, 3.63) is 69.8 Å². The maximum atomic E-state index is 14.0. The number of fused-ring (bicyclic) bond motifs is 4. The summed E-state index contributed by atoms with van der Waals surface area (Å²) >= 11 is 17.5. The van der Waals surface area contributed by atoms with Gasteiger partial charge in [0.25, 0.3) is 17.5 Å². The topological polar surface area (TPSA) is 147 Å². The van der Waals surface area contributed by atoms with Crippen molar-refractivity contribution in [3.8, 4) is 11.5 Å². The van der Waals surface area contributed by atoms with Crippen LogP contribution < -0.4 is 9.64 Å². The van der Waals surface area contributed by atoms with Crippen molar-refractivity contribution in [1.82, 2.24) is 4.90 Å². The zero-order valence-electron chi connectivity index (χ0n) is 21.8. The lowest BCUT2D eigenvalue weighted by atomic mass is 9.56. The van der Waals surface area contributed by atoms with Gasteiger partial charge in [-0.2, -0.15) is 0 Å². The molecule has 2 aromatic rings. The molecule has 42 heavy (non-hydrogen) atoms. The van der Waals surface area contributed by atoms with Crippen molar-refractivity contribution in [2.75, 3.05) is 17.5 Å². The first-order valence-corrected chi connectivity index (χ1v) is 14.8. The molecule has 2 aromatic carbocycles. The molecule has 2 aliphatic heterocycles. The Hall–Kier alpha value is -3.48. The Bertz CT molecular complexity index is 1620. The number of aromatic hydroxyl groups is 1. The molecule has 218 valence electrons. The van der Waals surface area contributed by atoms with Gasteiger partial charge in [-0.3, -0.25) is 39.1 Å². The average Bonchev–Trinajstić information content (AvgIpc) is 3.30. The standard InChI is InChI=1S/C28H22BrCl2N3O8/c1-42-20-9-2-13(10-19(20)35)22-16-7-8-17-21(18(16)11-27(30)25(38)32(12-29)26(39)28(22,27)31)24(37)33(23(17)36)14-3-5-15(6-4-14)34(40)41/h2-7,9-10,17-18,21-22,35H,8,11-12H2,1H3. The number of hydrogen-bond acceptors (Lipinski definition) is 8. The highest BCUT2D eigenvalue weighted by atomic mass is 79.9. The molecule has 2 aliphatic carbocycles. The minimum Gasteiger partial charge on any atom is -0.504 e. The zero-order chi connectivity index (χ0) is 30.3. The number of amides is 4. The molecule has 6 unspecified atom stereocenters. The number of nitrogens with zero attached hydrogens (tertiary/aromatic N) is 3. The van der Waals surface area contributed by atoms with E-state index >= 15 is 0 Å². The summed E-state index contributed by atoms with van der Waals surface area (Å²) in [5.41, 5.74) is 0.778. The van der Waals surface area contributed by atoms with Crippen molar-refractivity contribution >= 4 is 74.1 Å². The Morgan fingerprint density at radius 1 is 1.07 bits per heavy atom. The number of hydrogen-bond donors (Lipinski definition) is 1. The largest absolute Gasteiger partial charge is 0.504 e. The minimum atomic E-state index is -2.00. The van der Waals surface area contributed by atoms with Gasteiger partial charge in [0, 0.05) is 18.1 Å². The predicted molar refractivity (Wildman–Crippen MR) is 154 cm³/mol. The SMILES string of the molecule is COc1ccc(C2C3=CCC4C(=O)N(c5ccc([N+](=O)[O-])cc5)C(=O)C4C3CC3(Cl)C(=O)N(CBr)C(=O)C23Cl)cc1O. The number of imide groups is 2. The number of allylic oxidation sites excluding steroid dienone is 2. The number of carbonyl (C=O) groups is 4. The molecule has 4 amide bonds. The Balaban J connectivity index is 1.49. The smallest absolute Gasteiger partial charge is 0.269 e. The summed E-state index contributed by atoms with van der Waals surface area (Å²) in [6, 6.07) is 9.59. The van der Waals surface area contributed by atoms with Crippen LogP contribution in [0.3, 0.4) is 0 Å². The molecular formula is C28H22BrCl2N3O8. The van der Waals surface area contributed by atoms with Crippen molar-refractivity contribution in [1.29, 1.82) is 0 Å². The van der Waals surface area contributed by atoms with E-state index in [0.29, 0.717) is 11.1 Å². The number of phenols is 1. The number of non-ortho nitro benzene ring substituents is 1. The van der Waals surface area contributed by atoms with E-state index in [1.54, 1.807) is 12.1 Å². The molecule has 0 bridgehead atoms. The molecule has 0 radical (unpaired) electrons. The van der Waals surface area contributed by atoms with Crippen LogP contribution in [0.5, 0.6) is 11.5 Å². The van der Waals surface area contributed by atoms with Crippen LogP contribution in [0.25, 0.3) is 0 Å². The fourth-order valence-electron chi connectivity index (χ4n) is 6.99. The maximum Gasteiger partial charge on any atom is 0.269 e. The lowest BCUT2D eigenvalue weighted by Gasteiger charge is -2.50. The number of rotatable bonds is 5. The van der Waals surface area contributed by atoms with E-state index in [9.17, 15) is 34.4 Å². The molecule has 1 N–H and O–H groups in total. The van der Waals surface area contributed by atoms with E-state index in [2.05, 4.69) is 15.9 Å². The van der Waals surface area contributed by atoms with Gasteiger partial charge in [-0.1, -0.05) is 33.6 Å². The van der Waals surface area contributed by atoms with Crippen molar-refractivity contribution in [3.63, 3.8) is 0 Å². The van der Waals surface area contributed by atoms with Crippen LogP contribution in [0, 0.1) is 27.9 Å². The summed E-state index contributed by atoms with van der Waals surface area (Å²) in [5, 5.41) is 21.7. The lowest BCUT2D eigenvalue weighted by Crippen LogP contribution is -2.60. The predicted octanol–water partition coefficient (Wildman–Crippen LogP) is 4.22. The number of likely N-dealkylation sites (tertiary alicyclic amines) is 1. The molecule has 14 heteroatoms. The molecule has 2 saturated heterocycles. The summed E-state index contributed by atoms with van der Waals surface area (Å²) in [4.78, 5) is 63.6. The van der Waals surface area contributed by atoms with Crippen molar-refractivity contribution in [2.45, 2.75) is 28.5 Å². The van der Waals surface area contributed by atoms with Crippen LogP contribution >= 0.6 is 39.1 Å². The van der Waals surface area contributed by atoms with Crippen molar-refractivity contribution < 1.29 is 33.9 Å². The molecule has 11 nitrogen and oxygen atoms in total. The molecule has 6 rings (SSSR count). The first kappa shape index (κ1) is 28.6. The van der Waals surface area contributed by atoms with Crippen molar-refractivity contribution in [2.24, 2.45) is 17.8 Å². The normalized spacial score (nSPS) is 32.0. The van der Waals surface area contributed by atoms with Gasteiger partial charge in [-0.25, -0.2) is 0 Å². The summed E-state index contributed by atoms with van der Waals surface area (Å²) < 4.78 is 5.17. The number of halogens is 3. The number of phenolic OH excluding ortho intramolecular Hbond substituents is 1. The number of nitro groups is 1. The van der Waals surface area contributed by atoms with Crippen LogP contribution in [0.15, 0.2) is 54.1 Å². The van der Waals surface area contributed by atoms with E-state index in [1.165, 1.54) is 43.5 Å². The van der Waals surface area contributed by atoms with E-state index in [0.717, 1.165) is 9.80 Å². The van der Waals surface area contributed by atoms with E-state index in [-0.39, 0.29) is 41.2 Å². The van der Waals surface area contributed by atoms with Gasteiger partial charge in [0.1, 0.15) is 0 Å². The first-order chi connectivity index (χ1) is 19.9. The van der Waals surface area contributed by atoms with E-state index < -0.39 is 62.0 Å². The highest BCUT2D eigenvalue weighted by Gasteiger charge is 2.76. The number of carbonyl (C=O) groups excluding carboxylic acids is 4. The molecule has 6 atom stereocenters. The second kappa shape index (κ2) is 9.78.